The fraction of sp³-hybridized carbons (Fsp3) is 0.533. The molecule has 0 radical (unpaired) electrons. The summed E-state index contributed by atoms with van der Waals surface area (Å²) in [7, 11) is 0. The number of aromatic nitrogens is 4. The third-order valence-corrected chi connectivity index (χ3v) is 5.00. The lowest BCUT2D eigenvalue weighted by Crippen LogP contribution is -2.31. The first kappa shape index (κ1) is 15.8. The van der Waals surface area contributed by atoms with E-state index < -0.39 is 0 Å². The van der Waals surface area contributed by atoms with Gasteiger partial charge in [-0.25, -0.2) is 4.98 Å². The lowest BCUT2D eigenvalue weighted by atomic mass is 10.0. The Bertz CT molecular complexity index is 748. The van der Waals surface area contributed by atoms with E-state index in [1.54, 1.807) is 19.3 Å². The SMILES string of the molecule is Cc1nnsc1C(=O)NCCn1cnc(C2CCCC2)cc1=O. The monoisotopic (exact) mass is 333 g/mol. The highest BCUT2D eigenvalue weighted by atomic mass is 32.1. The van der Waals surface area contributed by atoms with Crippen molar-refractivity contribution in [3.05, 3.63) is 39.0 Å². The van der Waals surface area contributed by atoms with Crippen LogP contribution < -0.4 is 10.9 Å². The third kappa shape index (κ3) is 3.64. The maximum Gasteiger partial charge on any atom is 0.265 e. The molecule has 1 aliphatic carbocycles. The predicted molar refractivity (Wildman–Crippen MR) is 86.7 cm³/mol. The van der Waals surface area contributed by atoms with Gasteiger partial charge in [-0.3, -0.25) is 14.2 Å². The molecule has 2 aromatic heterocycles. The molecule has 23 heavy (non-hydrogen) atoms. The van der Waals surface area contributed by atoms with Crippen LogP contribution in [0, 0.1) is 6.92 Å². The van der Waals surface area contributed by atoms with Gasteiger partial charge in [0.1, 0.15) is 4.88 Å². The molecule has 1 saturated carbocycles. The highest BCUT2D eigenvalue weighted by Crippen LogP contribution is 2.32. The van der Waals surface area contributed by atoms with E-state index in [2.05, 4.69) is 19.9 Å². The zero-order valence-electron chi connectivity index (χ0n) is 13.0. The maximum atomic E-state index is 12.1. The number of amides is 1. The molecule has 1 N–H and O–H groups in total. The Hall–Kier alpha value is -2.09. The summed E-state index contributed by atoms with van der Waals surface area (Å²) in [5.41, 5.74) is 1.46. The molecule has 0 atom stereocenters. The van der Waals surface area contributed by atoms with Crippen LogP contribution in [0.3, 0.4) is 0 Å². The smallest absolute Gasteiger partial charge is 0.265 e. The Morgan fingerprint density at radius 2 is 2.22 bits per heavy atom. The molecule has 122 valence electrons. The zero-order chi connectivity index (χ0) is 16.2. The van der Waals surface area contributed by atoms with Crippen LogP contribution in [0.1, 0.15) is 52.7 Å². The van der Waals surface area contributed by atoms with E-state index in [0.717, 1.165) is 30.1 Å². The molecule has 1 fully saturated rings. The quantitative estimate of drug-likeness (QED) is 0.895. The molecule has 0 spiro atoms. The Morgan fingerprint density at radius 1 is 1.43 bits per heavy atom. The van der Waals surface area contributed by atoms with Crippen LogP contribution in [-0.4, -0.2) is 31.6 Å². The number of nitrogens with one attached hydrogen (secondary N) is 1. The van der Waals surface area contributed by atoms with Gasteiger partial charge in [-0.15, -0.1) is 5.10 Å². The minimum atomic E-state index is -0.207. The molecule has 7 nitrogen and oxygen atoms in total. The van der Waals surface area contributed by atoms with E-state index in [1.807, 2.05) is 0 Å². The fourth-order valence-electron chi connectivity index (χ4n) is 2.86. The summed E-state index contributed by atoms with van der Waals surface area (Å²) in [6.07, 6.45) is 6.26. The van der Waals surface area contributed by atoms with Gasteiger partial charge in [-0.05, 0) is 31.3 Å². The lowest BCUT2D eigenvalue weighted by molar-refractivity contribution is 0.0955. The average molecular weight is 333 g/mol. The van der Waals surface area contributed by atoms with E-state index in [1.165, 1.54) is 17.4 Å². The molecule has 8 heteroatoms. The number of rotatable bonds is 5. The summed E-state index contributed by atoms with van der Waals surface area (Å²) in [4.78, 5) is 29.0. The number of hydrogen-bond donors (Lipinski definition) is 1. The predicted octanol–water partition coefficient (Wildman–Crippen LogP) is 1.49. The van der Waals surface area contributed by atoms with Gasteiger partial charge >= 0.3 is 0 Å². The van der Waals surface area contributed by atoms with E-state index in [0.29, 0.717) is 29.6 Å². The summed E-state index contributed by atoms with van der Waals surface area (Å²) >= 11 is 1.07. The van der Waals surface area contributed by atoms with Gasteiger partial charge < -0.3 is 5.32 Å². The first-order chi connectivity index (χ1) is 11.1. The molecule has 0 bridgehead atoms. The lowest BCUT2D eigenvalue weighted by Gasteiger charge is -2.10. The van der Waals surface area contributed by atoms with Crippen LogP contribution in [0.5, 0.6) is 0 Å². The number of carbonyl (C=O) groups is 1. The molecule has 2 aromatic rings. The van der Waals surface area contributed by atoms with Crippen molar-refractivity contribution in [2.24, 2.45) is 0 Å². The van der Waals surface area contributed by atoms with Crippen molar-refractivity contribution in [2.45, 2.75) is 45.1 Å². The van der Waals surface area contributed by atoms with Crippen molar-refractivity contribution in [1.82, 2.24) is 24.5 Å². The number of aryl methyl sites for hydroxylation is 1. The third-order valence-electron chi connectivity index (χ3n) is 4.17. The van der Waals surface area contributed by atoms with Gasteiger partial charge in [0, 0.05) is 25.1 Å². The van der Waals surface area contributed by atoms with Crippen LogP contribution in [0.15, 0.2) is 17.2 Å². The standard InChI is InChI=1S/C15H19N5O2S/c1-10-14(23-19-18-10)15(22)16-6-7-20-9-17-12(8-13(20)21)11-4-2-3-5-11/h8-9,11H,2-7H2,1H3,(H,16,22). The Labute approximate surface area is 137 Å². The molecule has 0 aliphatic heterocycles. The highest BCUT2D eigenvalue weighted by Gasteiger charge is 2.19. The van der Waals surface area contributed by atoms with Crippen LogP contribution >= 0.6 is 11.5 Å². The zero-order valence-corrected chi connectivity index (χ0v) is 13.8. The van der Waals surface area contributed by atoms with Gasteiger partial charge in [0.05, 0.1) is 17.7 Å². The molecular weight excluding hydrogens is 314 g/mol. The molecular formula is C15H19N5O2S. The van der Waals surface area contributed by atoms with Crippen LogP contribution in [-0.2, 0) is 6.54 Å². The largest absolute Gasteiger partial charge is 0.349 e. The topological polar surface area (TPSA) is 89.8 Å². The van der Waals surface area contributed by atoms with Gasteiger partial charge in [0.2, 0.25) is 0 Å². The van der Waals surface area contributed by atoms with Crippen molar-refractivity contribution in [3.63, 3.8) is 0 Å². The summed E-state index contributed by atoms with van der Waals surface area (Å²) in [5.74, 6) is 0.222. The Balaban J connectivity index is 1.57. The van der Waals surface area contributed by atoms with Gasteiger partial charge in [0.15, 0.2) is 0 Å². The van der Waals surface area contributed by atoms with E-state index in [4.69, 9.17) is 0 Å². The van der Waals surface area contributed by atoms with Gasteiger partial charge in [0.25, 0.3) is 11.5 Å². The van der Waals surface area contributed by atoms with Crippen LogP contribution in [0.2, 0.25) is 0 Å². The summed E-state index contributed by atoms with van der Waals surface area (Å²) in [5, 5.41) is 6.58. The molecule has 1 amide bonds. The second-order valence-electron chi connectivity index (χ2n) is 5.77. The summed E-state index contributed by atoms with van der Waals surface area (Å²) in [6, 6.07) is 1.63. The van der Waals surface area contributed by atoms with E-state index >= 15 is 0 Å². The minimum Gasteiger partial charge on any atom is -0.349 e. The van der Waals surface area contributed by atoms with Crippen molar-refractivity contribution >= 4 is 17.4 Å². The molecule has 1 aliphatic rings. The van der Waals surface area contributed by atoms with Crippen LogP contribution in [0.4, 0.5) is 0 Å². The second kappa shape index (κ2) is 6.99. The summed E-state index contributed by atoms with van der Waals surface area (Å²) < 4.78 is 5.26. The van der Waals surface area contributed by atoms with Gasteiger partial charge in [-0.2, -0.15) is 0 Å². The first-order valence-electron chi connectivity index (χ1n) is 7.78. The molecule has 0 saturated heterocycles. The average Bonchev–Trinajstić information content (AvgIpc) is 3.20. The fourth-order valence-corrected chi connectivity index (χ4v) is 3.44. The van der Waals surface area contributed by atoms with Crippen molar-refractivity contribution in [2.75, 3.05) is 6.54 Å². The molecule has 2 heterocycles. The van der Waals surface area contributed by atoms with E-state index in [-0.39, 0.29) is 11.5 Å². The number of hydrogen-bond acceptors (Lipinski definition) is 6. The van der Waals surface area contributed by atoms with E-state index in [9.17, 15) is 9.59 Å². The second-order valence-corrected chi connectivity index (χ2v) is 6.52. The van der Waals surface area contributed by atoms with Crippen molar-refractivity contribution in [3.8, 4) is 0 Å². The molecule has 0 unspecified atom stereocenters. The Morgan fingerprint density at radius 3 is 2.87 bits per heavy atom. The van der Waals surface area contributed by atoms with Crippen LogP contribution in [0.25, 0.3) is 0 Å². The van der Waals surface area contributed by atoms with Gasteiger partial charge in [-0.1, -0.05) is 17.3 Å². The maximum absolute atomic E-state index is 12.1. The Kier molecular flexibility index (Phi) is 4.80. The number of nitrogens with zero attached hydrogens (tertiary/aromatic N) is 4. The first-order valence-corrected chi connectivity index (χ1v) is 8.56. The normalized spacial score (nSPS) is 15.0. The highest BCUT2D eigenvalue weighted by molar-refractivity contribution is 7.07. The van der Waals surface area contributed by atoms with Crippen molar-refractivity contribution < 1.29 is 4.79 Å². The molecule has 0 aromatic carbocycles. The molecule has 3 rings (SSSR count). The number of carbonyl (C=O) groups excluding carboxylic acids is 1. The van der Waals surface area contributed by atoms with Crippen molar-refractivity contribution in [1.29, 1.82) is 0 Å². The summed E-state index contributed by atoms with van der Waals surface area (Å²) in [6.45, 7) is 2.50. The minimum absolute atomic E-state index is 0.0632.